The first-order chi connectivity index (χ1) is 12.7. The van der Waals surface area contributed by atoms with Gasteiger partial charge in [0.15, 0.2) is 17.6 Å². The highest BCUT2D eigenvalue weighted by Crippen LogP contribution is 2.35. The van der Waals surface area contributed by atoms with Crippen LogP contribution >= 0.6 is 0 Å². The van der Waals surface area contributed by atoms with E-state index in [2.05, 4.69) is 6.92 Å². The van der Waals surface area contributed by atoms with E-state index < -0.39 is 6.10 Å². The number of ether oxygens (including phenoxy) is 4. The van der Waals surface area contributed by atoms with Crippen molar-refractivity contribution in [2.24, 2.45) is 0 Å². The zero-order chi connectivity index (χ0) is 18.6. The first kappa shape index (κ1) is 20.4. The molecule has 0 bridgehead atoms. The second-order valence-corrected chi connectivity index (χ2v) is 6.64. The smallest absolute Gasteiger partial charge is 0.347 e. The van der Waals surface area contributed by atoms with Crippen LogP contribution in [-0.2, 0) is 9.53 Å². The van der Waals surface area contributed by atoms with Crippen LogP contribution in [-0.4, -0.2) is 25.5 Å². The Morgan fingerprint density at radius 2 is 1.69 bits per heavy atom. The molecule has 0 radical (unpaired) electrons. The van der Waals surface area contributed by atoms with Gasteiger partial charge in [0.05, 0.1) is 6.61 Å². The molecule has 1 aliphatic heterocycles. The molecule has 1 heterocycles. The Hall–Kier alpha value is -1.91. The molecular formula is C21H32O5. The third kappa shape index (κ3) is 6.77. The molecule has 0 amide bonds. The van der Waals surface area contributed by atoms with Gasteiger partial charge < -0.3 is 18.9 Å². The summed E-state index contributed by atoms with van der Waals surface area (Å²) in [5.41, 5.74) is 0. The lowest BCUT2D eigenvalue weighted by Gasteiger charge is -2.18. The van der Waals surface area contributed by atoms with Gasteiger partial charge in [0.1, 0.15) is 5.75 Å². The summed E-state index contributed by atoms with van der Waals surface area (Å²) in [5.74, 6) is 1.66. The predicted octanol–water partition coefficient (Wildman–Crippen LogP) is 5.26. The minimum atomic E-state index is -0.574. The van der Waals surface area contributed by atoms with E-state index in [0.29, 0.717) is 30.3 Å². The quantitative estimate of drug-likeness (QED) is 0.353. The van der Waals surface area contributed by atoms with Crippen molar-refractivity contribution in [3.63, 3.8) is 0 Å². The van der Waals surface area contributed by atoms with E-state index in [4.69, 9.17) is 18.9 Å². The molecule has 0 aliphatic carbocycles. The minimum absolute atomic E-state index is 0.221. The Balaban J connectivity index is 1.77. The minimum Gasteiger partial charge on any atom is -0.479 e. The third-order valence-electron chi connectivity index (χ3n) is 4.49. The van der Waals surface area contributed by atoms with Crippen LogP contribution in [0.2, 0.25) is 0 Å². The summed E-state index contributed by atoms with van der Waals surface area (Å²) in [6, 6.07) is 5.37. The highest BCUT2D eigenvalue weighted by Gasteiger charge is 2.23. The predicted molar refractivity (Wildman–Crippen MR) is 101 cm³/mol. The van der Waals surface area contributed by atoms with Crippen molar-refractivity contribution < 1.29 is 23.7 Å². The molecule has 0 saturated carbocycles. The van der Waals surface area contributed by atoms with E-state index in [-0.39, 0.29) is 12.8 Å². The zero-order valence-corrected chi connectivity index (χ0v) is 16.1. The van der Waals surface area contributed by atoms with E-state index in [1.165, 1.54) is 38.5 Å². The van der Waals surface area contributed by atoms with Crippen LogP contribution in [0.15, 0.2) is 18.2 Å². The van der Waals surface area contributed by atoms with Gasteiger partial charge in [0.2, 0.25) is 6.79 Å². The summed E-state index contributed by atoms with van der Waals surface area (Å²) >= 11 is 0. The van der Waals surface area contributed by atoms with Crippen molar-refractivity contribution in [3.05, 3.63) is 18.2 Å². The number of hydrogen-bond donors (Lipinski definition) is 0. The fourth-order valence-electron chi connectivity index (χ4n) is 3.04. The number of hydrogen-bond acceptors (Lipinski definition) is 5. The van der Waals surface area contributed by atoms with Crippen molar-refractivity contribution in [1.29, 1.82) is 0 Å². The average molecular weight is 364 g/mol. The van der Waals surface area contributed by atoms with Gasteiger partial charge in [-0.2, -0.15) is 0 Å². The largest absolute Gasteiger partial charge is 0.479 e. The molecule has 5 nitrogen and oxygen atoms in total. The number of carbonyl (C=O) groups excluding carboxylic acids is 1. The molecule has 0 spiro atoms. The standard InChI is InChI=1S/C21H32O5/c1-3-5-6-7-8-9-10-11-12-19(21(22)23-4-2)26-17-13-14-18-20(15-17)25-16-24-18/h13-15,19H,3-12,16H2,1-2H3. The summed E-state index contributed by atoms with van der Waals surface area (Å²) in [5, 5.41) is 0. The molecule has 1 aliphatic rings. The molecule has 0 aromatic heterocycles. The van der Waals surface area contributed by atoms with Crippen LogP contribution in [0.1, 0.15) is 71.6 Å². The summed E-state index contributed by atoms with van der Waals surface area (Å²) < 4.78 is 21.7. The normalized spacial score (nSPS) is 13.5. The van der Waals surface area contributed by atoms with E-state index in [9.17, 15) is 4.79 Å². The Labute approximate surface area is 157 Å². The first-order valence-corrected chi connectivity index (χ1v) is 9.97. The summed E-state index contributed by atoms with van der Waals surface area (Å²) in [7, 11) is 0. The van der Waals surface area contributed by atoms with Crippen LogP contribution in [0.3, 0.4) is 0 Å². The molecule has 0 N–H and O–H groups in total. The maximum absolute atomic E-state index is 12.2. The van der Waals surface area contributed by atoms with Gasteiger partial charge in [-0.3, -0.25) is 0 Å². The SMILES string of the molecule is CCCCCCCCCCC(Oc1ccc2c(c1)OCO2)C(=O)OCC. The molecule has 1 unspecified atom stereocenters. The van der Waals surface area contributed by atoms with E-state index in [1.54, 1.807) is 18.2 Å². The number of esters is 1. The number of fused-ring (bicyclic) bond motifs is 1. The molecule has 1 aromatic carbocycles. The molecule has 0 saturated heterocycles. The van der Waals surface area contributed by atoms with Gasteiger partial charge in [-0.05, 0) is 31.9 Å². The molecule has 1 aromatic rings. The second-order valence-electron chi connectivity index (χ2n) is 6.64. The summed E-state index contributed by atoms with van der Waals surface area (Å²) in [6.07, 6.45) is 9.90. The molecule has 1 atom stereocenters. The fourth-order valence-corrected chi connectivity index (χ4v) is 3.04. The number of benzene rings is 1. The molecule has 0 fully saturated rings. The van der Waals surface area contributed by atoms with Crippen molar-refractivity contribution in [1.82, 2.24) is 0 Å². The van der Waals surface area contributed by atoms with Crippen molar-refractivity contribution in [2.45, 2.75) is 77.7 Å². The maximum atomic E-state index is 12.2. The van der Waals surface area contributed by atoms with Crippen LogP contribution in [0.4, 0.5) is 0 Å². The zero-order valence-electron chi connectivity index (χ0n) is 16.1. The molecule has 2 rings (SSSR count). The number of carbonyl (C=O) groups is 1. The summed E-state index contributed by atoms with van der Waals surface area (Å²) in [6.45, 7) is 4.62. The van der Waals surface area contributed by atoms with Crippen LogP contribution in [0.25, 0.3) is 0 Å². The lowest BCUT2D eigenvalue weighted by atomic mass is 10.1. The third-order valence-corrected chi connectivity index (χ3v) is 4.49. The van der Waals surface area contributed by atoms with E-state index >= 15 is 0 Å². The Morgan fingerprint density at radius 1 is 1.00 bits per heavy atom. The maximum Gasteiger partial charge on any atom is 0.347 e. The second kappa shape index (κ2) is 11.7. The molecule has 26 heavy (non-hydrogen) atoms. The number of rotatable bonds is 13. The fraction of sp³-hybridized carbons (Fsp3) is 0.667. The first-order valence-electron chi connectivity index (χ1n) is 9.97. The monoisotopic (exact) mass is 364 g/mol. The Morgan fingerprint density at radius 3 is 2.42 bits per heavy atom. The Bertz CT molecular complexity index is 543. The van der Waals surface area contributed by atoms with Crippen molar-refractivity contribution in [2.75, 3.05) is 13.4 Å². The lowest BCUT2D eigenvalue weighted by molar-refractivity contribution is -0.151. The molecule has 146 valence electrons. The molecular weight excluding hydrogens is 332 g/mol. The van der Waals surface area contributed by atoms with Gasteiger partial charge in [-0.15, -0.1) is 0 Å². The van der Waals surface area contributed by atoms with Crippen molar-refractivity contribution >= 4 is 5.97 Å². The van der Waals surface area contributed by atoms with Gasteiger partial charge in [-0.1, -0.05) is 51.9 Å². The lowest BCUT2D eigenvalue weighted by Crippen LogP contribution is -2.29. The van der Waals surface area contributed by atoms with Crippen molar-refractivity contribution in [3.8, 4) is 17.2 Å². The van der Waals surface area contributed by atoms with Gasteiger partial charge in [0, 0.05) is 6.07 Å². The van der Waals surface area contributed by atoms with Gasteiger partial charge in [-0.25, -0.2) is 4.79 Å². The van der Waals surface area contributed by atoms with Gasteiger partial charge in [0.25, 0.3) is 0 Å². The topological polar surface area (TPSA) is 54.0 Å². The van der Waals surface area contributed by atoms with Crippen LogP contribution in [0.5, 0.6) is 17.2 Å². The highest BCUT2D eigenvalue weighted by atomic mass is 16.7. The van der Waals surface area contributed by atoms with Crippen LogP contribution in [0, 0.1) is 0 Å². The number of unbranched alkanes of at least 4 members (excludes halogenated alkanes) is 7. The van der Waals surface area contributed by atoms with Crippen LogP contribution < -0.4 is 14.2 Å². The van der Waals surface area contributed by atoms with Gasteiger partial charge >= 0.3 is 5.97 Å². The summed E-state index contributed by atoms with van der Waals surface area (Å²) in [4.78, 5) is 12.2. The average Bonchev–Trinajstić information content (AvgIpc) is 3.11. The molecule has 5 heteroatoms. The van der Waals surface area contributed by atoms with E-state index in [1.807, 2.05) is 6.92 Å². The van der Waals surface area contributed by atoms with E-state index in [0.717, 1.165) is 12.8 Å². The highest BCUT2D eigenvalue weighted by molar-refractivity contribution is 5.75. The Kier molecular flexibility index (Phi) is 9.15.